The molecule has 0 fully saturated rings. The summed E-state index contributed by atoms with van der Waals surface area (Å²) in [7, 11) is 2.06. The normalized spacial score (nSPS) is 10.1. The summed E-state index contributed by atoms with van der Waals surface area (Å²) >= 11 is 0. The monoisotopic (exact) mass is 212 g/mol. The smallest absolute Gasteiger partial charge is 0.128 e. The van der Waals surface area contributed by atoms with E-state index in [-0.39, 0.29) is 0 Å². The Kier molecular flexibility index (Phi) is 3.20. The van der Waals surface area contributed by atoms with Crippen LogP contribution in [0, 0.1) is 6.92 Å². The topological polar surface area (TPSA) is 16.1 Å². The fraction of sp³-hybridized carbons (Fsp3) is 0.214. The van der Waals surface area contributed by atoms with E-state index < -0.39 is 0 Å². The van der Waals surface area contributed by atoms with E-state index in [0.717, 1.165) is 12.4 Å². The summed E-state index contributed by atoms with van der Waals surface area (Å²) < 4.78 is 0. The Morgan fingerprint density at radius 3 is 2.44 bits per heavy atom. The van der Waals surface area contributed by atoms with Gasteiger partial charge >= 0.3 is 0 Å². The molecule has 0 aliphatic heterocycles. The Bertz CT molecular complexity index is 434. The molecule has 0 atom stereocenters. The van der Waals surface area contributed by atoms with Crippen molar-refractivity contribution in [1.82, 2.24) is 4.98 Å². The van der Waals surface area contributed by atoms with Crippen LogP contribution >= 0.6 is 0 Å². The maximum atomic E-state index is 4.32. The minimum Gasteiger partial charge on any atom is -0.355 e. The lowest BCUT2D eigenvalue weighted by Gasteiger charge is -2.17. The van der Waals surface area contributed by atoms with Crippen molar-refractivity contribution in [3.05, 3.63) is 59.8 Å². The molecular weight excluding hydrogens is 196 g/mol. The van der Waals surface area contributed by atoms with Gasteiger partial charge in [-0.3, -0.25) is 0 Å². The first-order valence-electron chi connectivity index (χ1n) is 5.43. The molecule has 0 saturated carbocycles. The summed E-state index contributed by atoms with van der Waals surface area (Å²) in [6, 6.07) is 14.6. The first-order valence-corrected chi connectivity index (χ1v) is 5.43. The van der Waals surface area contributed by atoms with Gasteiger partial charge < -0.3 is 4.90 Å². The van der Waals surface area contributed by atoms with Gasteiger partial charge in [-0.15, -0.1) is 0 Å². The van der Waals surface area contributed by atoms with E-state index in [1.54, 1.807) is 0 Å². The van der Waals surface area contributed by atoms with Crippen molar-refractivity contribution in [2.75, 3.05) is 11.9 Å². The third-order valence-corrected chi connectivity index (χ3v) is 2.58. The summed E-state index contributed by atoms with van der Waals surface area (Å²) in [6.07, 6.45) is 1.82. The average molecular weight is 212 g/mol. The lowest BCUT2D eigenvalue weighted by atomic mass is 10.1. The van der Waals surface area contributed by atoms with Gasteiger partial charge in [0.1, 0.15) is 5.82 Å². The summed E-state index contributed by atoms with van der Waals surface area (Å²) in [5.74, 6) is 1.00. The summed E-state index contributed by atoms with van der Waals surface area (Å²) in [5, 5.41) is 0. The first-order chi connectivity index (χ1) is 7.75. The highest BCUT2D eigenvalue weighted by Gasteiger charge is 2.01. The maximum absolute atomic E-state index is 4.32. The number of hydrogen-bond donors (Lipinski definition) is 0. The zero-order valence-electron chi connectivity index (χ0n) is 9.72. The molecule has 0 N–H and O–H groups in total. The average Bonchev–Trinajstić information content (AvgIpc) is 2.33. The van der Waals surface area contributed by atoms with Crippen LogP contribution in [-0.2, 0) is 6.54 Å². The third kappa shape index (κ3) is 2.60. The Hall–Kier alpha value is -1.83. The van der Waals surface area contributed by atoms with Gasteiger partial charge in [0.05, 0.1) is 0 Å². The minimum absolute atomic E-state index is 0.886. The molecule has 2 aromatic rings. The van der Waals surface area contributed by atoms with Gasteiger partial charge in [-0.2, -0.15) is 0 Å². The Morgan fingerprint density at radius 1 is 1.06 bits per heavy atom. The molecule has 16 heavy (non-hydrogen) atoms. The number of pyridine rings is 1. The van der Waals surface area contributed by atoms with Crippen LogP contribution in [0.2, 0.25) is 0 Å². The van der Waals surface area contributed by atoms with Crippen LogP contribution < -0.4 is 4.90 Å². The van der Waals surface area contributed by atoms with Crippen molar-refractivity contribution in [3.8, 4) is 0 Å². The van der Waals surface area contributed by atoms with E-state index in [1.807, 2.05) is 24.4 Å². The molecule has 2 nitrogen and oxygen atoms in total. The number of rotatable bonds is 3. The second kappa shape index (κ2) is 4.79. The van der Waals surface area contributed by atoms with Crippen LogP contribution in [0.3, 0.4) is 0 Å². The van der Waals surface area contributed by atoms with E-state index in [2.05, 4.69) is 48.1 Å². The second-order valence-electron chi connectivity index (χ2n) is 4.03. The predicted octanol–water partition coefficient (Wildman–Crippen LogP) is 3.03. The molecule has 1 heterocycles. The van der Waals surface area contributed by atoms with Gasteiger partial charge in [0.2, 0.25) is 0 Å². The van der Waals surface area contributed by atoms with Crippen LogP contribution in [0.5, 0.6) is 0 Å². The van der Waals surface area contributed by atoms with E-state index in [4.69, 9.17) is 0 Å². The van der Waals surface area contributed by atoms with Crippen LogP contribution in [0.1, 0.15) is 11.1 Å². The van der Waals surface area contributed by atoms with E-state index in [1.165, 1.54) is 11.1 Å². The summed E-state index contributed by atoms with van der Waals surface area (Å²) in [4.78, 5) is 6.46. The van der Waals surface area contributed by atoms with Crippen molar-refractivity contribution >= 4 is 5.82 Å². The predicted molar refractivity (Wildman–Crippen MR) is 67.5 cm³/mol. The van der Waals surface area contributed by atoms with E-state index in [9.17, 15) is 0 Å². The zero-order valence-corrected chi connectivity index (χ0v) is 9.72. The number of anilines is 1. The molecule has 0 bridgehead atoms. The van der Waals surface area contributed by atoms with Gasteiger partial charge in [0, 0.05) is 19.8 Å². The van der Waals surface area contributed by atoms with Crippen molar-refractivity contribution in [2.45, 2.75) is 13.5 Å². The molecule has 0 spiro atoms. The van der Waals surface area contributed by atoms with E-state index in [0.29, 0.717) is 0 Å². The van der Waals surface area contributed by atoms with Crippen molar-refractivity contribution in [1.29, 1.82) is 0 Å². The Morgan fingerprint density at radius 2 is 1.81 bits per heavy atom. The molecule has 0 aliphatic rings. The largest absolute Gasteiger partial charge is 0.355 e. The van der Waals surface area contributed by atoms with Crippen LogP contribution in [0.25, 0.3) is 0 Å². The molecule has 0 radical (unpaired) electrons. The van der Waals surface area contributed by atoms with Gasteiger partial charge in [0.25, 0.3) is 0 Å². The lowest BCUT2D eigenvalue weighted by Crippen LogP contribution is -2.17. The van der Waals surface area contributed by atoms with Crippen LogP contribution in [0.15, 0.2) is 48.7 Å². The zero-order chi connectivity index (χ0) is 11.4. The highest BCUT2D eigenvalue weighted by Crippen LogP contribution is 2.12. The van der Waals surface area contributed by atoms with Gasteiger partial charge in [0.15, 0.2) is 0 Å². The Labute approximate surface area is 96.6 Å². The van der Waals surface area contributed by atoms with Gasteiger partial charge in [-0.1, -0.05) is 35.9 Å². The fourth-order valence-electron chi connectivity index (χ4n) is 1.63. The summed E-state index contributed by atoms with van der Waals surface area (Å²) in [5.41, 5.74) is 2.60. The molecule has 1 aromatic heterocycles. The Balaban J connectivity index is 2.08. The van der Waals surface area contributed by atoms with Crippen molar-refractivity contribution in [2.24, 2.45) is 0 Å². The molecule has 82 valence electrons. The van der Waals surface area contributed by atoms with Crippen molar-refractivity contribution < 1.29 is 0 Å². The standard InChI is InChI=1S/C14H16N2/c1-12-6-8-13(9-7-12)11-16(2)14-5-3-4-10-15-14/h3-10H,11H2,1-2H3. The quantitative estimate of drug-likeness (QED) is 0.777. The molecule has 1 aromatic carbocycles. The minimum atomic E-state index is 0.886. The highest BCUT2D eigenvalue weighted by molar-refractivity contribution is 5.38. The van der Waals surface area contributed by atoms with Gasteiger partial charge in [-0.05, 0) is 24.6 Å². The lowest BCUT2D eigenvalue weighted by molar-refractivity contribution is 0.897. The number of aryl methyl sites for hydroxylation is 1. The molecule has 2 heteroatoms. The molecule has 0 unspecified atom stereocenters. The molecule has 0 aliphatic carbocycles. The SMILES string of the molecule is Cc1ccc(CN(C)c2ccccn2)cc1. The molecule has 2 rings (SSSR count). The molecule has 0 saturated heterocycles. The van der Waals surface area contributed by atoms with Gasteiger partial charge in [-0.25, -0.2) is 4.98 Å². The third-order valence-electron chi connectivity index (χ3n) is 2.58. The second-order valence-corrected chi connectivity index (χ2v) is 4.03. The number of nitrogens with zero attached hydrogens (tertiary/aromatic N) is 2. The van der Waals surface area contributed by atoms with E-state index >= 15 is 0 Å². The fourth-order valence-corrected chi connectivity index (χ4v) is 1.63. The van der Waals surface area contributed by atoms with Crippen LogP contribution in [0.4, 0.5) is 5.82 Å². The molecular formula is C14H16N2. The molecule has 0 amide bonds. The summed E-state index contributed by atoms with van der Waals surface area (Å²) in [6.45, 7) is 2.99. The number of aromatic nitrogens is 1. The van der Waals surface area contributed by atoms with Crippen molar-refractivity contribution in [3.63, 3.8) is 0 Å². The van der Waals surface area contributed by atoms with Crippen LogP contribution in [-0.4, -0.2) is 12.0 Å². The highest BCUT2D eigenvalue weighted by atomic mass is 15.2. The number of benzene rings is 1. The number of hydrogen-bond acceptors (Lipinski definition) is 2. The maximum Gasteiger partial charge on any atom is 0.128 e. The first kappa shape index (κ1) is 10.7.